The van der Waals surface area contributed by atoms with E-state index in [1.165, 1.54) is 11.1 Å². The van der Waals surface area contributed by atoms with Crippen molar-refractivity contribution in [3.63, 3.8) is 0 Å². The summed E-state index contributed by atoms with van der Waals surface area (Å²) in [4.78, 5) is 14.9. The SMILES string of the molecule is NC1CCN[C@@H]1C(=O)N1CCC(c2ccccc2)(c2ccccc2)CC1. The molecule has 4 heteroatoms. The molecule has 2 aliphatic heterocycles. The van der Waals surface area contributed by atoms with Crippen LogP contribution in [0.5, 0.6) is 0 Å². The number of hydrogen-bond donors (Lipinski definition) is 2. The summed E-state index contributed by atoms with van der Waals surface area (Å²) in [7, 11) is 0. The van der Waals surface area contributed by atoms with Crippen LogP contribution in [0.3, 0.4) is 0 Å². The summed E-state index contributed by atoms with van der Waals surface area (Å²) in [6.45, 7) is 2.38. The van der Waals surface area contributed by atoms with Crippen molar-refractivity contribution in [2.45, 2.75) is 36.8 Å². The molecule has 2 fully saturated rings. The first kappa shape index (κ1) is 17.3. The van der Waals surface area contributed by atoms with Gasteiger partial charge in [-0.2, -0.15) is 0 Å². The molecule has 0 aromatic heterocycles. The summed E-state index contributed by atoms with van der Waals surface area (Å²) in [6, 6.07) is 21.2. The lowest BCUT2D eigenvalue weighted by Crippen LogP contribution is -2.54. The molecule has 26 heavy (non-hydrogen) atoms. The van der Waals surface area contributed by atoms with Crippen LogP contribution in [0.15, 0.2) is 60.7 Å². The molecule has 0 saturated carbocycles. The number of likely N-dealkylation sites (tertiary alicyclic amines) is 1. The molecular weight excluding hydrogens is 322 g/mol. The fourth-order valence-electron chi connectivity index (χ4n) is 4.56. The Balaban J connectivity index is 1.58. The third-order valence-electron chi connectivity index (χ3n) is 6.12. The van der Waals surface area contributed by atoms with Gasteiger partial charge >= 0.3 is 0 Å². The van der Waals surface area contributed by atoms with Gasteiger partial charge < -0.3 is 16.0 Å². The van der Waals surface area contributed by atoms with E-state index in [1.807, 2.05) is 4.90 Å². The summed E-state index contributed by atoms with van der Waals surface area (Å²) >= 11 is 0. The molecule has 0 spiro atoms. The predicted molar refractivity (Wildman–Crippen MR) is 104 cm³/mol. The van der Waals surface area contributed by atoms with Crippen LogP contribution in [-0.2, 0) is 10.2 Å². The van der Waals surface area contributed by atoms with Crippen LogP contribution in [0, 0.1) is 0 Å². The van der Waals surface area contributed by atoms with Crippen LogP contribution >= 0.6 is 0 Å². The Labute approximate surface area is 155 Å². The first-order valence-corrected chi connectivity index (χ1v) is 9.59. The molecule has 3 N–H and O–H groups in total. The molecule has 2 saturated heterocycles. The van der Waals surface area contributed by atoms with E-state index < -0.39 is 0 Å². The number of rotatable bonds is 3. The Morgan fingerprint density at radius 2 is 1.50 bits per heavy atom. The van der Waals surface area contributed by atoms with Crippen LogP contribution in [0.25, 0.3) is 0 Å². The predicted octanol–water partition coefficient (Wildman–Crippen LogP) is 2.28. The van der Waals surface area contributed by atoms with Gasteiger partial charge in [-0.25, -0.2) is 0 Å². The molecule has 1 amide bonds. The van der Waals surface area contributed by atoms with E-state index in [1.54, 1.807) is 0 Å². The standard InChI is InChI=1S/C22H27N3O/c23-19-11-14-24-20(19)21(26)25-15-12-22(13-16-25,17-7-3-1-4-8-17)18-9-5-2-6-10-18/h1-10,19-20,24H,11-16,23H2/t19?,20-/m0/s1. The number of nitrogens with two attached hydrogens (primary N) is 1. The molecule has 1 unspecified atom stereocenters. The summed E-state index contributed by atoms with van der Waals surface area (Å²) in [5, 5.41) is 3.27. The summed E-state index contributed by atoms with van der Waals surface area (Å²) in [5.41, 5.74) is 8.77. The highest BCUT2D eigenvalue weighted by atomic mass is 16.2. The molecule has 4 nitrogen and oxygen atoms in total. The number of carbonyl (C=O) groups is 1. The number of hydrogen-bond acceptors (Lipinski definition) is 3. The zero-order valence-corrected chi connectivity index (χ0v) is 15.1. The minimum atomic E-state index is -0.212. The molecule has 2 aliphatic rings. The maximum Gasteiger partial charge on any atom is 0.241 e. The molecule has 2 heterocycles. The van der Waals surface area contributed by atoms with Gasteiger partial charge in [0.2, 0.25) is 5.91 Å². The summed E-state index contributed by atoms with van der Waals surface area (Å²) in [5.74, 6) is 0.171. The van der Waals surface area contributed by atoms with Gasteiger partial charge in [-0.15, -0.1) is 0 Å². The van der Waals surface area contributed by atoms with E-state index in [9.17, 15) is 4.79 Å². The lowest BCUT2D eigenvalue weighted by atomic mass is 9.68. The van der Waals surface area contributed by atoms with Crippen molar-refractivity contribution in [2.75, 3.05) is 19.6 Å². The third kappa shape index (κ3) is 3.04. The number of nitrogens with zero attached hydrogens (tertiary/aromatic N) is 1. The maximum atomic E-state index is 12.9. The Bertz CT molecular complexity index is 697. The van der Waals surface area contributed by atoms with Gasteiger partial charge in [0.1, 0.15) is 6.04 Å². The van der Waals surface area contributed by atoms with Gasteiger partial charge in [-0.05, 0) is 36.9 Å². The van der Waals surface area contributed by atoms with Crippen LogP contribution in [-0.4, -0.2) is 42.5 Å². The van der Waals surface area contributed by atoms with Crippen LogP contribution < -0.4 is 11.1 Å². The van der Waals surface area contributed by atoms with Crippen molar-refractivity contribution in [3.8, 4) is 0 Å². The van der Waals surface area contributed by atoms with Gasteiger partial charge in [-0.3, -0.25) is 4.79 Å². The van der Waals surface area contributed by atoms with Gasteiger partial charge in [0.25, 0.3) is 0 Å². The molecule has 0 aliphatic carbocycles. The first-order valence-electron chi connectivity index (χ1n) is 9.59. The molecular formula is C22H27N3O. The number of benzene rings is 2. The van der Waals surface area contributed by atoms with Gasteiger partial charge in [0.15, 0.2) is 0 Å². The van der Waals surface area contributed by atoms with Crippen molar-refractivity contribution >= 4 is 5.91 Å². The topological polar surface area (TPSA) is 58.4 Å². The normalized spacial score (nSPS) is 25.2. The van der Waals surface area contributed by atoms with E-state index in [4.69, 9.17) is 5.73 Å². The fraction of sp³-hybridized carbons (Fsp3) is 0.409. The number of carbonyl (C=O) groups excluding carboxylic acids is 1. The van der Waals surface area contributed by atoms with Gasteiger partial charge in [0, 0.05) is 24.5 Å². The van der Waals surface area contributed by atoms with Crippen molar-refractivity contribution in [3.05, 3.63) is 71.8 Å². The second-order valence-corrected chi connectivity index (χ2v) is 7.52. The zero-order chi connectivity index (χ0) is 18.0. The highest BCUT2D eigenvalue weighted by Gasteiger charge is 2.41. The average Bonchev–Trinajstić information content (AvgIpc) is 3.15. The third-order valence-corrected chi connectivity index (χ3v) is 6.12. The number of nitrogens with one attached hydrogen (secondary N) is 1. The van der Waals surface area contributed by atoms with Gasteiger partial charge in [0.05, 0.1) is 0 Å². The van der Waals surface area contributed by atoms with Crippen LogP contribution in [0.1, 0.15) is 30.4 Å². The molecule has 2 aromatic rings. The quantitative estimate of drug-likeness (QED) is 0.894. The van der Waals surface area contributed by atoms with E-state index in [0.717, 1.165) is 38.9 Å². The minimum Gasteiger partial charge on any atom is -0.341 e. The Morgan fingerprint density at radius 1 is 0.962 bits per heavy atom. The molecule has 0 radical (unpaired) electrons. The lowest BCUT2D eigenvalue weighted by Gasteiger charge is -2.43. The van der Waals surface area contributed by atoms with Crippen molar-refractivity contribution in [1.82, 2.24) is 10.2 Å². The largest absolute Gasteiger partial charge is 0.341 e. The smallest absolute Gasteiger partial charge is 0.241 e. The molecule has 2 aromatic carbocycles. The van der Waals surface area contributed by atoms with Gasteiger partial charge in [-0.1, -0.05) is 60.7 Å². The second kappa shape index (κ2) is 7.22. The summed E-state index contributed by atoms with van der Waals surface area (Å²) in [6.07, 6.45) is 2.76. The maximum absolute atomic E-state index is 12.9. The zero-order valence-electron chi connectivity index (χ0n) is 15.1. The summed E-state index contributed by atoms with van der Waals surface area (Å²) < 4.78 is 0. The number of amides is 1. The Morgan fingerprint density at radius 3 is 1.96 bits per heavy atom. The molecule has 136 valence electrons. The number of piperidine rings is 1. The molecule has 2 atom stereocenters. The lowest BCUT2D eigenvalue weighted by molar-refractivity contribution is -0.134. The monoisotopic (exact) mass is 349 g/mol. The van der Waals surface area contributed by atoms with Crippen molar-refractivity contribution in [2.24, 2.45) is 5.73 Å². The van der Waals surface area contributed by atoms with Crippen molar-refractivity contribution in [1.29, 1.82) is 0 Å². The highest BCUT2D eigenvalue weighted by Crippen LogP contribution is 2.41. The molecule has 0 bridgehead atoms. The second-order valence-electron chi connectivity index (χ2n) is 7.52. The van der Waals surface area contributed by atoms with Crippen molar-refractivity contribution < 1.29 is 4.79 Å². The average molecular weight is 349 g/mol. The van der Waals surface area contributed by atoms with Crippen LogP contribution in [0.4, 0.5) is 0 Å². The fourth-order valence-corrected chi connectivity index (χ4v) is 4.56. The minimum absolute atomic E-state index is 0.0233. The first-order chi connectivity index (χ1) is 12.7. The highest BCUT2D eigenvalue weighted by molar-refractivity contribution is 5.83. The molecule has 4 rings (SSSR count). The van der Waals surface area contributed by atoms with E-state index in [-0.39, 0.29) is 23.4 Å². The van der Waals surface area contributed by atoms with E-state index in [0.29, 0.717) is 0 Å². The van der Waals surface area contributed by atoms with E-state index in [2.05, 4.69) is 66.0 Å². The Kier molecular flexibility index (Phi) is 4.79. The van der Waals surface area contributed by atoms with Crippen LogP contribution in [0.2, 0.25) is 0 Å². The van der Waals surface area contributed by atoms with E-state index >= 15 is 0 Å². The Hall–Kier alpha value is -2.17.